The first-order chi connectivity index (χ1) is 11.1. The fraction of sp³-hybridized carbons (Fsp3) is 0.111. The number of aryl methyl sites for hydroxylation is 1. The molecule has 3 aromatic rings. The van der Waals surface area contributed by atoms with Crippen LogP contribution >= 0.6 is 15.9 Å². The third-order valence-electron chi connectivity index (χ3n) is 3.52. The van der Waals surface area contributed by atoms with Gasteiger partial charge in [0.15, 0.2) is 0 Å². The number of halogens is 1. The number of rotatable bonds is 4. The Kier molecular flexibility index (Phi) is 4.57. The number of benzene rings is 2. The molecule has 0 unspecified atom stereocenters. The normalized spacial score (nSPS) is 10.5. The molecule has 116 valence electrons. The number of carbonyl (C=O) groups excluding carboxylic acids is 1. The molecule has 0 saturated carbocycles. The highest BCUT2D eigenvalue weighted by molar-refractivity contribution is 9.10. The van der Waals surface area contributed by atoms with Crippen LogP contribution in [0.1, 0.15) is 21.5 Å². The predicted octanol–water partition coefficient (Wildman–Crippen LogP) is 4.25. The number of carbonyl (C=O) groups is 1. The largest absolute Gasteiger partial charge is 0.307 e. The van der Waals surface area contributed by atoms with Crippen molar-refractivity contribution in [2.24, 2.45) is 0 Å². The lowest BCUT2D eigenvalue weighted by Gasteiger charge is -2.09. The highest BCUT2D eigenvalue weighted by atomic mass is 79.9. The van der Waals surface area contributed by atoms with Gasteiger partial charge < -0.3 is 5.32 Å². The Labute approximate surface area is 143 Å². The van der Waals surface area contributed by atoms with Crippen molar-refractivity contribution in [1.82, 2.24) is 9.78 Å². The van der Waals surface area contributed by atoms with Gasteiger partial charge in [-0.05, 0) is 36.8 Å². The lowest BCUT2D eigenvalue weighted by Crippen LogP contribution is -2.16. The van der Waals surface area contributed by atoms with Gasteiger partial charge in [0, 0.05) is 16.1 Å². The van der Waals surface area contributed by atoms with E-state index in [2.05, 4.69) is 26.3 Å². The summed E-state index contributed by atoms with van der Waals surface area (Å²) in [5, 5.41) is 7.20. The molecule has 0 aliphatic carbocycles. The van der Waals surface area contributed by atoms with Crippen LogP contribution in [0.25, 0.3) is 0 Å². The first-order valence-electron chi connectivity index (χ1n) is 7.26. The summed E-state index contributed by atoms with van der Waals surface area (Å²) >= 11 is 3.42. The molecule has 5 heteroatoms. The highest BCUT2D eigenvalue weighted by Gasteiger charge is 2.09. The fourth-order valence-corrected chi connectivity index (χ4v) is 2.49. The van der Waals surface area contributed by atoms with Crippen molar-refractivity contribution in [3.8, 4) is 0 Å². The molecular weight excluding hydrogens is 354 g/mol. The van der Waals surface area contributed by atoms with Crippen molar-refractivity contribution in [3.05, 3.63) is 82.0 Å². The van der Waals surface area contributed by atoms with Gasteiger partial charge >= 0.3 is 0 Å². The van der Waals surface area contributed by atoms with Crippen LogP contribution in [0.3, 0.4) is 0 Å². The third kappa shape index (κ3) is 3.87. The molecule has 2 aromatic carbocycles. The number of aromatic nitrogens is 2. The van der Waals surface area contributed by atoms with Gasteiger partial charge in [-0.3, -0.25) is 4.79 Å². The second-order valence-corrected chi connectivity index (χ2v) is 6.24. The summed E-state index contributed by atoms with van der Waals surface area (Å²) in [7, 11) is 0. The molecule has 0 saturated heterocycles. The van der Waals surface area contributed by atoms with Gasteiger partial charge in [-0.25, -0.2) is 4.68 Å². The van der Waals surface area contributed by atoms with E-state index in [1.165, 1.54) is 0 Å². The zero-order valence-corrected chi connectivity index (χ0v) is 14.2. The lowest BCUT2D eigenvalue weighted by molar-refractivity contribution is 0.102. The second kappa shape index (κ2) is 6.79. The van der Waals surface area contributed by atoms with Crippen LogP contribution < -0.4 is 5.32 Å². The van der Waals surface area contributed by atoms with Crippen LogP contribution in [-0.2, 0) is 6.54 Å². The van der Waals surface area contributed by atoms with Gasteiger partial charge in [0.05, 0.1) is 12.7 Å². The molecule has 0 spiro atoms. The average molecular weight is 370 g/mol. The molecule has 1 aromatic heterocycles. The molecule has 1 amide bonds. The maximum Gasteiger partial charge on any atom is 0.256 e. The number of hydrogen-bond acceptors (Lipinski definition) is 2. The van der Waals surface area contributed by atoms with Crippen molar-refractivity contribution in [3.63, 3.8) is 0 Å². The molecule has 4 nitrogen and oxygen atoms in total. The summed E-state index contributed by atoms with van der Waals surface area (Å²) in [5.41, 5.74) is 2.87. The first-order valence-corrected chi connectivity index (χ1v) is 8.05. The molecule has 0 radical (unpaired) electrons. The van der Waals surface area contributed by atoms with Crippen molar-refractivity contribution >= 4 is 27.7 Å². The van der Waals surface area contributed by atoms with E-state index in [1.54, 1.807) is 16.9 Å². The first kappa shape index (κ1) is 15.5. The van der Waals surface area contributed by atoms with E-state index in [1.807, 2.05) is 55.5 Å². The van der Waals surface area contributed by atoms with Crippen LogP contribution in [-0.4, -0.2) is 15.7 Å². The van der Waals surface area contributed by atoms with Crippen LogP contribution in [0.15, 0.2) is 65.3 Å². The van der Waals surface area contributed by atoms with Crippen molar-refractivity contribution in [2.45, 2.75) is 13.5 Å². The van der Waals surface area contributed by atoms with E-state index in [0.717, 1.165) is 15.6 Å². The van der Waals surface area contributed by atoms with Gasteiger partial charge in [-0.1, -0.05) is 45.8 Å². The number of nitrogens with one attached hydrogen (secondary N) is 1. The molecule has 0 fully saturated rings. The fourth-order valence-electron chi connectivity index (χ4n) is 2.22. The Hall–Kier alpha value is -2.40. The average Bonchev–Trinajstić information content (AvgIpc) is 2.97. The van der Waals surface area contributed by atoms with E-state index < -0.39 is 0 Å². The second-order valence-electron chi connectivity index (χ2n) is 5.32. The number of nitrogens with zero attached hydrogens (tertiary/aromatic N) is 2. The molecule has 0 bridgehead atoms. The Morgan fingerprint density at radius 3 is 2.48 bits per heavy atom. The maximum absolute atomic E-state index is 12.3. The van der Waals surface area contributed by atoms with Gasteiger partial charge in [0.2, 0.25) is 0 Å². The highest BCUT2D eigenvalue weighted by Crippen LogP contribution is 2.15. The van der Waals surface area contributed by atoms with Gasteiger partial charge in [0.1, 0.15) is 5.82 Å². The summed E-state index contributed by atoms with van der Waals surface area (Å²) < 4.78 is 2.81. The van der Waals surface area contributed by atoms with Crippen molar-refractivity contribution < 1.29 is 4.79 Å². The minimum atomic E-state index is -0.137. The van der Waals surface area contributed by atoms with Crippen molar-refractivity contribution in [1.29, 1.82) is 0 Å². The molecule has 23 heavy (non-hydrogen) atoms. The quantitative estimate of drug-likeness (QED) is 0.746. The standard InChI is InChI=1S/C18H16BrN3O/c1-13-2-6-15(7-3-13)18(23)21-17-10-11-20-22(17)12-14-4-8-16(19)9-5-14/h2-11H,12H2,1H3,(H,21,23). The van der Waals surface area contributed by atoms with Crippen LogP contribution in [0, 0.1) is 6.92 Å². The number of amides is 1. The predicted molar refractivity (Wildman–Crippen MR) is 94.6 cm³/mol. The Balaban J connectivity index is 1.74. The smallest absolute Gasteiger partial charge is 0.256 e. The van der Waals surface area contributed by atoms with Crippen LogP contribution in [0.4, 0.5) is 5.82 Å². The summed E-state index contributed by atoms with van der Waals surface area (Å²) in [5.74, 6) is 0.543. The molecule has 1 heterocycles. The lowest BCUT2D eigenvalue weighted by atomic mass is 10.1. The zero-order valence-electron chi connectivity index (χ0n) is 12.7. The molecule has 0 atom stereocenters. The van der Waals surface area contributed by atoms with Gasteiger partial charge in [-0.15, -0.1) is 0 Å². The van der Waals surface area contributed by atoms with Crippen molar-refractivity contribution in [2.75, 3.05) is 5.32 Å². The molecule has 0 aliphatic heterocycles. The van der Waals surface area contributed by atoms with Crippen LogP contribution in [0.2, 0.25) is 0 Å². The molecule has 1 N–H and O–H groups in total. The van der Waals surface area contributed by atoms with Gasteiger partial charge in [0.25, 0.3) is 5.91 Å². The Morgan fingerprint density at radius 1 is 1.09 bits per heavy atom. The number of hydrogen-bond donors (Lipinski definition) is 1. The van der Waals surface area contributed by atoms with E-state index in [-0.39, 0.29) is 5.91 Å². The molecular formula is C18H16BrN3O. The topological polar surface area (TPSA) is 46.9 Å². The summed E-state index contributed by atoms with van der Waals surface area (Å²) in [6.45, 7) is 2.60. The Bertz CT molecular complexity index is 807. The van der Waals surface area contributed by atoms with Crippen LogP contribution in [0.5, 0.6) is 0 Å². The van der Waals surface area contributed by atoms with E-state index in [9.17, 15) is 4.79 Å². The number of anilines is 1. The summed E-state index contributed by atoms with van der Waals surface area (Å²) in [6.07, 6.45) is 1.68. The molecule has 3 rings (SSSR count). The monoisotopic (exact) mass is 369 g/mol. The minimum absolute atomic E-state index is 0.137. The van der Waals surface area contributed by atoms with E-state index in [0.29, 0.717) is 17.9 Å². The summed E-state index contributed by atoms with van der Waals surface area (Å²) in [6, 6.07) is 17.3. The summed E-state index contributed by atoms with van der Waals surface area (Å²) in [4.78, 5) is 12.3. The molecule has 0 aliphatic rings. The Morgan fingerprint density at radius 2 is 1.78 bits per heavy atom. The van der Waals surface area contributed by atoms with Gasteiger partial charge in [-0.2, -0.15) is 5.10 Å². The minimum Gasteiger partial charge on any atom is -0.307 e. The zero-order chi connectivity index (χ0) is 16.2. The van der Waals surface area contributed by atoms with E-state index >= 15 is 0 Å². The van der Waals surface area contributed by atoms with E-state index in [4.69, 9.17) is 0 Å². The SMILES string of the molecule is Cc1ccc(C(=O)Nc2ccnn2Cc2ccc(Br)cc2)cc1. The maximum atomic E-state index is 12.3. The third-order valence-corrected chi connectivity index (χ3v) is 4.05.